The molecule has 4 aromatic carbocycles. The summed E-state index contributed by atoms with van der Waals surface area (Å²) >= 11 is 0. The number of hydrazone groups is 1. The molecule has 0 spiro atoms. The zero-order valence-corrected chi connectivity index (χ0v) is 20.3. The Bertz CT molecular complexity index is 1540. The Morgan fingerprint density at radius 2 is 1.33 bits per heavy atom. The summed E-state index contributed by atoms with van der Waals surface area (Å²) in [6.45, 7) is 0. The second kappa shape index (κ2) is 12.5. The van der Waals surface area contributed by atoms with Gasteiger partial charge in [0.05, 0.1) is 23.0 Å². The minimum absolute atomic E-state index is 0.149. The number of anilines is 2. The van der Waals surface area contributed by atoms with Crippen LogP contribution in [-0.4, -0.2) is 29.9 Å². The third kappa shape index (κ3) is 7.20. The number of nitrogens with zero attached hydrogens (tertiary/aromatic N) is 1. The lowest BCUT2D eigenvalue weighted by molar-refractivity contribution is -0.136. The molecule has 4 rings (SSSR count). The summed E-state index contributed by atoms with van der Waals surface area (Å²) in [4.78, 5) is 49.4. The van der Waals surface area contributed by atoms with E-state index in [1.165, 1.54) is 48.7 Å². The van der Waals surface area contributed by atoms with Gasteiger partial charge in [0.1, 0.15) is 11.6 Å². The van der Waals surface area contributed by atoms with Crippen LogP contribution < -0.4 is 20.8 Å². The van der Waals surface area contributed by atoms with Gasteiger partial charge in [-0.15, -0.1) is 0 Å². The zero-order valence-electron chi connectivity index (χ0n) is 20.3. The minimum Gasteiger partial charge on any atom is -0.423 e. The Kier molecular flexibility index (Phi) is 8.50. The number of hydrogen-bond donors (Lipinski definition) is 3. The number of halogens is 1. The minimum atomic E-state index is -1.06. The van der Waals surface area contributed by atoms with Crippen molar-refractivity contribution in [3.63, 3.8) is 0 Å². The van der Waals surface area contributed by atoms with Crippen LogP contribution in [0.2, 0.25) is 0 Å². The summed E-state index contributed by atoms with van der Waals surface area (Å²) in [6.07, 6.45) is 1.27. The fourth-order valence-corrected chi connectivity index (χ4v) is 3.32. The second-order valence-corrected chi connectivity index (χ2v) is 7.96. The molecule has 194 valence electrons. The van der Waals surface area contributed by atoms with Crippen LogP contribution in [0.1, 0.15) is 26.3 Å². The summed E-state index contributed by atoms with van der Waals surface area (Å²) < 4.78 is 18.9. The molecule has 0 aromatic heterocycles. The van der Waals surface area contributed by atoms with Gasteiger partial charge in [0.25, 0.3) is 5.91 Å². The lowest BCUT2D eigenvalue weighted by Crippen LogP contribution is -2.33. The van der Waals surface area contributed by atoms with Gasteiger partial charge in [-0.25, -0.2) is 14.6 Å². The molecule has 0 aliphatic rings. The number of hydrogen-bond acceptors (Lipinski definition) is 6. The van der Waals surface area contributed by atoms with E-state index in [0.717, 1.165) is 6.07 Å². The Balaban J connectivity index is 1.31. The normalized spacial score (nSPS) is 10.5. The maximum atomic E-state index is 13.7. The van der Waals surface area contributed by atoms with Crippen LogP contribution in [0, 0.1) is 5.82 Å². The second-order valence-electron chi connectivity index (χ2n) is 7.96. The summed E-state index contributed by atoms with van der Waals surface area (Å²) in [5.41, 5.74) is 3.32. The molecule has 10 heteroatoms. The van der Waals surface area contributed by atoms with Crippen LogP contribution in [-0.2, 0) is 9.59 Å². The van der Waals surface area contributed by atoms with E-state index < -0.39 is 29.5 Å². The molecule has 0 radical (unpaired) electrons. The van der Waals surface area contributed by atoms with Crippen molar-refractivity contribution in [2.75, 3.05) is 10.6 Å². The molecule has 0 saturated heterocycles. The average Bonchev–Trinajstić information content (AvgIpc) is 2.95. The molecule has 0 unspecified atom stereocenters. The third-order valence-electron chi connectivity index (χ3n) is 5.22. The van der Waals surface area contributed by atoms with Gasteiger partial charge in [0.2, 0.25) is 0 Å². The van der Waals surface area contributed by atoms with Crippen molar-refractivity contribution >= 4 is 41.3 Å². The number of nitrogens with one attached hydrogen (secondary N) is 3. The van der Waals surface area contributed by atoms with Gasteiger partial charge in [0.15, 0.2) is 0 Å². The highest BCUT2D eigenvalue weighted by atomic mass is 19.1. The van der Waals surface area contributed by atoms with Crippen molar-refractivity contribution in [1.82, 2.24) is 5.43 Å². The monoisotopic (exact) mass is 524 g/mol. The molecule has 0 aliphatic heterocycles. The van der Waals surface area contributed by atoms with E-state index in [9.17, 15) is 23.6 Å². The fourth-order valence-electron chi connectivity index (χ4n) is 3.32. The summed E-state index contributed by atoms with van der Waals surface area (Å²) in [5, 5.41) is 8.87. The Morgan fingerprint density at radius 1 is 0.692 bits per heavy atom. The summed E-state index contributed by atoms with van der Waals surface area (Å²) in [6, 6.07) is 26.5. The number of benzene rings is 4. The highest BCUT2D eigenvalue weighted by Gasteiger charge is 2.18. The van der Waals surface area contributed by atoms with Gasteiger partial charge >= 0.3 is 17.8 Å². The van der Waals surface area contributed by atoms with Crippen molar-refractivity contribution < 1.29 is 28.3 Å². The van der Waals surface area contributed by atoms with Crippen LogP contribution >= 0.6 is 0 Å². The standard InChI is InChI=1S/C29H21FN4O5/c30-24-12-6-4-10-22(24)29(38)39-21-16-14-19(15-17-21)18-31-34-28(37)27(36)33-25-13-7-5-11-23(25)26(35)32-20-8-2-1-3-9-20/h1-18H,(H,32,35)(H,33,36)(H,34,37)/b31-18-. The average molecular weight is 525 g/mol. The maximum absolute atomic E-state index is 13.7. The van der Waals surface area contributed by atoms with Crippen molar-refractivity contribution in [1.29, 1.82) is 0 Å². The lowest BCUT2D eigenvalue weighted by Gasteiger charge is -2.11. The topological polar surface area (TPSA) is 126 Å². The van der Waals surface area contributed by atoms with E-state index in [4.69, 9.17) is 4.74 Å². The van der Waals surface area contributed by atoms with Gasteiger partial charge in [0, 0.05) is 5.69 Å². The number of carbonyl (C=O) groups is 4. The molecular weight excluding hydrogens is 503 g/mol. The molecule has 39 heavy (non-hydrogen) atoms. The number of esters is 1. The molecule has 3 N–H and O–H groups in total. The molecular formula is C29H21FN4O5. The van der Waals surface area contributed by atoms with E-state index in [-0.39, 0.29) is 22.6 Å². The quantitative estimate of drug-likeness (QED) is 0.109. The van der Waals surface area contributed by atoms with Gasteiger partial charge < -0.3 is 15.4 Å². The Labute approximate surface area is 222 Å². The van der Waals surface area contributed by atoms with Crippen LogP contribution in [0.15, 0.2) is 108 Å². The lowest BCUT2D eigenvalue weighted by atomic mass is 10.1. The van der Waals surface area contributed by atoms with Crippen molar-refractivity contribution in [2.24, 2.45) is 5.10 Å². The number of amides is 3. The zero-order chi connectivity index (χ0) is 27.6. The number of carbonyl (C=O) groups excluding carboxylic acids is 4. The van der Waals surface area contributed by atoms with E-state index in [1.807, 2.05) is 6.07 Å². The molecule has 0 bridgehead atoms. The first-order valence-corrected chi connectivity index (χ1v) is 11.6. The Morgan fingerprint density at radius 3 is 2.05 bits per heavy atom. The highest BCUT2D eigenvalue weighted by Crippen LogP contribution is 2.18. The third-order valence-corrected chi connectivity index (χ3v) is 5.22. The fraction of sp³-hybridized carbons (Fsp3) is 0. The highest BCUT2D eigenvalue weighted by molar-refractivity contribution is 6.40. The van der Waals surface area contributed by atoms with Gasteiger partial charge in [-0.3, -0.25) is 14.4 Å². The molecule has 4 aromatic rings. The van der Waals surface area contributed by atoms with Crippen LogP contribution in [0.5, 0.6) is 5.75 Å². The SMILES string of the molecule is O=C(N/N=C\c1ccc(OC(=O)c2ccccc2F)cc1)C(=O)Nc1ccccc1C(=O)Nc1ccccc1. The van der Waals surface area contributed by atoms with Crippen LogP contribution in [0.4, 0.5) is 15.8 Å². The molecule has 0 fully saturated rings. The number of rotatable bonds is 7. The van der Waals surface area contributed by atoms with Crippen LogP contribution in [0.25, 0.3) is 0 Å². The van der Waals surface area contributed by atoms with Crippen molar-refractivity contribution in [3.8, 4) is 5.75 Å². The number of para-hydroxylation sites is 2. The van der Waals surface area contributed by atoms with Gasteiger partial charge in [-0.1, -0.05) is 42.5 Å². The van der Waals surface area contributed by atoms with E-state index in [1.54, 1.807) is 48.5 Å². The Hall–Kier alpha value is -5.64. The summed E-state index contributed by atoms with van der Waals surface area (Å²) in [5.74, 6) is -3.89. The van der Waals surface area contributed by atoms with Crippen LogP contribution in [0.3, 0.4) is 0 Å². The van der Waals surface area contributed by atoms with E-state index in [0.29, 0.717) is 11.3 Å². The summed E-state index contributed by atoms with van der Waals surface area (Å²) in [7, 11) is 0. The molecule has 0 saturated carbocycles. The molecule has 0 atom stereocenters. The van der Waals surface area contributed by atoms with E-state index in [2.05, 4.69) is 21.2 Å². The van der Waals surface area contributed by atoms with Gasteiger partial charge in [-0.05, 0) is 66.2 Å². The predicted octanol–water partition coefficient (Wildman–Crippen LogP) is 4.39. The first kappa shape index (κ1) is 26.4. The first-order valence-electron chi connectivity index (χ1n) is 11.6. The van der Waals surface area contributed by atoms with E-state index >= 15 is 0 Å². The molecule has 0 heterocycles. The number of ether oxygens (including phenoxy) is 1. The predicted molar refractivity (Wildman–Crippen MR) is 143 cm³/mol. The maximum Gasteiger partial charge on any atom is 0.346 e. The smallest absolute Gasteiger partial charge is 0.346 e. The van der Waals surface area contributed by atoms with Crippen molar-refractivity contribution in [2.45, 2.75) is 0 Å². The van der Waals surface area contributed by atoms with Gasteiger partial charge in [-0.2, -0.15) is 5.10 Å². The molecule has 9 nitrogen and oxygen atoms in total. The molecule has 0 aliphatic carbocycles. The molecule has 3 amide bonds. The largest absolute Gasteiger partial charge is 0.423 e. The van der Waals surface area contributed by atoms with Crippen molar-refractivity contribution in [3.05, 3.63) is 126 Å². The first-order chi connectivity index (χ1) is 18.9.